The number of benzene rings is 1. The van der Waals surface area contributed by atoms with Crippen molar-refractivity contribution < 1.29 is 4.74 Å². The second-order valence-electron chi connectivity index (χ2n) is 6.33. The van der Waals surface area contributed by atoms with Gasteiger partial charge in [0, 0.05) is 12.6 Å². The van der Waals surface area contributed by atoms with Crippen LogP contribution in [0.3, 0.4) is 0 Å². The maximum atomic E-state index is 6.03. The molecule has 1 aromatic rings. The third-order valence-corrected chi connectivity index (χ3v) is 4.59. The highest BCUT2D eigenvalue weighted by molar-refractivity contribution is 5.29. The lowest BCUT2D eigenvalue weighted by Gasteiger charge is -2.34. The second kappa shape index (κ2) is 9.86. The zero-order chi connectivity index (χ0) is 15.6. The van der Waals surface area contributed by atoms with E-state index in [1.807, 2.05) is 0 Å². The topological polar surface area (TPSA) is 38.5 Å². The lowest BCUT2D eigenvalue weighted by Crippen LogP contribution is -2.37. The summed E-state index contributed by atoms with van der Waals surface area (Å²) in [5.41, 5.74) is 7.35. The molecule has 124 valence electrons. The first kappa shape index (κ1) is 17.3. The van der Waals surface area contributed by atoms with Crippen LogP contribution in [0.4, 0.5) is 0 Å². The molecule has 1 unspecified atom stereocenters. The molecule has 0 saturated carbocycles. The van der Waals surface area contributed by atoms with Crippen LogP contribution in [0.5, 0.6) is 5.75 Å². The minimum absolute atomic E-state index is 0.360. The van der Waals surface area contributed by atoms with Crippen molar-refractivity contribution in [1.82, 2.24) is 4.90 Å². The van der Waals surface area contributed by atoms with Gasteiger partial charge in [-0.2, -0.15) is 0 Å². The first-order chi connectivity index (χ1) is 10.8. The van der Waals surface area contributed by atoms with Gasteiger partial charge in [-0.25, -0.2) is 0 Å². The van der Waals surface area contributed by atoms with Gasteiger partial charge in [-0.1, -0.05) is 44.7 Å². The first-order valence-electron chi connectivity index (χ1n) is 9.02. The zero-order valence-corrected chi connectivity index (χ0v) is 14.1. The number of hydrogen-bond donors (Lipinski definition) is 1. The smallest absolute Gasteiger partial charge is 0.119 e. The first-order valence-corrected chi connectivity index (χ1v) is 9.02. The molecule has 1 atom stereocenters. The molecule has 22 heavy (non-hydrogen) atoms. The average molecular weight is 304 g/mol. The summed E-state index contributed by atoms with van der Waals surface area (Å²) in [5.74, 6) is 0.981. The number of rotatable bonds is 9. The van der Waals surface area contributed by atoms with Gasteiger partial charge in [-0.05, 0) is 50.0 Å². The van der Waals surface area contributed by atoms with Crippen LogP contribution in [-0.4, -0.2) is 31.1 Å². The Balaban J connectivity index is 1.84. The van der Waals surface area contributed by atoms with Crippen molar-refractivity contribution in [3.8, 4) is 5.75 Å². The van der Waals surface area contributed by atoms with Crippen molar-refractivity contribution in [3.05, 3.63) is 29.8 Å². The molecule has 0 bridgehead atoms. The standard InChI is InChI=1S/C19H32N2O/c1-2-3-4-8-15-22-18-11-9-17(10-12-18)19(16-20)21-13-6-5-7-14-21/h9-12,19H,2-8,13-16,20H2,1H3. The summed E-state index contributed by atoms with van der Waals surface area (Å²) < 4.78 is 5.82. The molecule has 1 aliphatic rings. The average Bonchev–Trinajstić information content (AvgIpc) is 2.58. The quantitative estimate of drug-likeness (QED) is 0.697. The molecule has 3 nitrogen and oxygen atoms in total. The Bertz CT molecular complexity index is 398. The predicted molar refractivity (Wildman–Crippen MR) is 93.3 cm³/mol. The fourth-order valence-corrected chi connectivity index (χ4v) is 3.23. The lowest BCUT2D eigenvalue weighted by atomic mass is 10.0. The van der Waals surface area contributed by atoms with Gasteiger partial charge in [0.25, 0.3) is 0 Å². The predicted octanol–water partition coefficient (Wildman–Crippen LogP) is 4.13. The van der Waals surface area contributed by atoms with Crippen molar-refractivity contribution in [2.24, 2.45) is 5.73 Å². The van der Waals surface area contributed by atoms with Crippen molar-refractivity contribution in [2.75, 3.05) is 26.2 Å². The van der Waals surface area contributed by atoms with E-state index in [-0.39, 0.29) is 0 Å². The Hall–Kier alpha value is -1.06. The minimum Gasteiger partial charge on any atom is -0.494 e. The maximum Gasteiger partial charge on any atom is 0.119 e. The Labute approximate surface area is 135 Å². The molecule has 1 fully saturated rings. The second-order valence-corrected chi connectivity index (χ2v) is 6.33. The molecule has 0 spiro atoms. The highest BCUT2D eigenvalue weighted by atomic mass is 16.5. The van der Waals surface area contributed by atoms with Gasteiger partial charge in [0.15, 0.2) is 0 Å². The van der Waals surface area contributed by atoms with Crippen molar-refractivity contribution >= 4 is 0 Å². The summed E-state index contributed by atoms with van der Waals surface area (Å²) in [6.45, 7) is 6.11. The van der Waals surface area contributed by atoms with Crippen LogP contribution in [0.15, 0.2) is 24.3 Å². The molecular formula is C19H32N2O. The third kappa shape index (κ3) is 5.29. The third-order valence-electron chi connectivity index (χ3n) is 4.59. The Morgan fingerprint density at radius 3 is 2.41 bits per heavy atom. The summed E-state index contributed by atoms with van der Waals surface area (Å²) in [4.78, 5) is 2.53. The van der Waals surface area contributed by atoms with E-state index in [1.54, 1.807) is 0 Å². The number of ether oxygens (including phenoxy) is 1. The molecule has 1 aliphatic heterocycles. The van der Waals surface area contributed by atoms with Gasteiger partial charge in [-0.3, -0.25) is 4.90 Å². The fraction of sp³-hybridized carbons (Fsp3) is 0.684. The van der Waals surface area contributed by atoms with Crippen molar-refractivity contribution in [3.63, 3.8) is 0 Å². The van der Waals surface area contributed by atoms with Crippen LogP contribution in [0.25, 0.3) is 0 Å². The SMILES string of the molecule is CCCCCCOc1ccc(C(CN)N2CCCCC2)cc1. The number of nitrogens with zero attached hydrogens (tertiary/aromatic N) is 1. The molecule has 2 N–H and O–H groups in total. The van der Waals surface area contributed by atoms with Crippen LogP contribution < -0.4 is 10.5 Å². The van der Waals surface area contributed by atoms with E-state index in [2.05, 4.69) is 36.1 Å². The maximum absolute atomic E-state index is 6.03. The Kier molecular flexibility index (Phi) is 7.75. The van der Waals surface area contributed by atoms with Gasteiger partial charge < -0.3 is 10.5 Å². The summed E-state index contributed by atoms with van der Waals surface area (Å²) >= 11 is 0. The van der Waals surface area contributed by atoms with Gasteiger partial charge in [-0.15, -0.1) is 0 Å². The summed E-state index contributed by atoms with van der Waals surface area (Å²) in [5, 5.41) is 0. The van der Waals surface area contributed by atoms with Crippen LogP contribution >= 0.6 is 0 Å². The largest absolute Gasteiger partial charge is 0.494 e. The molecule has 0 radical (unpaired) electrons. The number of likely N-dealkylation sites (tertiary alicyclic amines) is 1. The van der Waals surface area contributed by atoms with E-state index < -0.39 is 0 Å². The Morgan fingerprint density at radius 1 is 1.05 bits per heavy atom. The molecule has 1 aromatic carbocycles. The van der Waals surface area contributed by atoms with Gasteiger partial charge >= 0.3 is 0 Å². The van der Waals surface area contributed by atoms with Crippen LogP contribution in [-0.2, 0) is 0 Å². The zero-order valence-electron chi connectivity index (χ0n) is 14.1. The Morgan fingerprint density at radius 2 is 1.77 bits per heavy atom. The van der Waals surface area contributed by atoms with E-state index in [9.17, 15) is 0 Å². The van der Waals surface area contributed by atoms with E-state index in [1.165, 1.54) is 57.2 Å². The highest BCUT2D eigenvalue weighted by Gasteiger charge is 2.20. The van der Waals surface area contributed by atoms with Crippen molar-refractivity contribution in [2.45, 2.75) is 57.9 Å². The van der Waals surface area contributed by atoms with Crippen LogP contribution in [0.2, 0.25) is 0 Å². The monoisotopic (exact) mass is 304 g/mol. The van der Waals surface area contributed by atoms with E-state index in [0.29, 0.717) is 12.6 Å². The van der Waals surface area contributed by atoms with Gasteiger partial charge in [0.2, 0.25) is 0 Å². The van der Waals surface area contributed by atoms with E-state index in [0.717, 1.165) is 18.8 Å². The van der Waals surface area contributed by atoms with Crippen LogP contribution in [0.1, 0.15) is 63.5 Å². The molecule has 0 aliphatic carbocycles. The summed E-state index contributed by atoms with van der Waals surface area (Å²) in [7, 11) is 0. The van der Waals surface area contributed by atoms with Gasteiger partial charge in [0.1, 0.15) is 5.75 Å². The number of unbranched alkanes of at least 4 members (excludes halogenated alkanes) is 3. The normalized spacial score (nSPS) is 17.4. The van der Waals surface area contributed by atoms with E-state index >= 15 is 0 Å². The molecule has 0 amide bonds. The van der Waals surface area contributed by atoms with Crippen molar-refractivity contribution in [1.29, 1.82) is 0 Å². The number of nitrogens with two attached hydrogens (primary N) is 1. The molecule has 1 heterocycles. The molecule has 3 heteroatoms. The number of hydrogen-bond acceptors (Lipinski definition) is 3. The molecule has 2 rings (SSSR count). The molecule has 1 saturated heterocycles. The fourth-order valence-electron chi connectivity index (χ4n) is 3.23. The summed E-state index contributed by atoms with van der Waals surface area (Å²) in [6, 6.07) is 8.93. The molecule has 0 aromatic heterocycles. The molecular weight excluding hydrogens is 272 g/mol. The van der Waals surface area contributed by atoms with E-state index in [4.69, 9.17) is 10.5 Å². The van der Waals surface area contributed by atoms with Gasteiger partial charge in [0.05, 0.1) is 6.61 Å². The highest BCUT2D eigenvalue weighted by Crippen LogP contribution is 2.25. The summed E-state index contributed by atoms with van der Waals surface area (Å²) in [6.07, 6.45) is 8.94. The lowest BCUT2D eigenvalue weighted by molar-refractivity contribution is 0.167. The number of piperidine rings is 1. The minimum atomic E-state index is 0.360. The van der Waals surface area contributed by atoms with Crippen LogP contribution in [0, 0.1) is 0 Å².